The molecular formula is C20H31IN4O2. The third-order valence-corrected chi connectivity index (χ3v) is 5.51. The second-order valence-electron chi connectivity index (χ2n) is 7.17. The first kappa shape index (κ1) is 21.8. The number of carbonyl (C=O) groups is 1. The Morgan fingerprint density at radius 1 is 1.19 bits per heavy atom. The van der Waals surface area contributed by atoms with Crippen molar-refractivity contribution in [2.24, 2.45) is 16.8 Å². The highest BCUT2D eigenvalue weighted by atomic mass is 127. The Hall–Kier alpha value is -1.51. The molecule has 6 nitrogen and oxygen atoms in total. The van der Waals surface area contributed by atoms with E-state index in [-0.39, 0.29) is 29.9 Å². The van der Waals surface area contributed by atoms with Gasteiger partial charge in [-0.1, -0.05) is 18.9 Å². The second-order valence-corrected chi connectivity index (χ2v) is 7.17. The number of hydrogen-bond acceptors (Lipinski definition) is 3. The maximum absolute atomic E-state index is 12.2. The Kier molecular flexibility index (Phi) is 8.66. The van der Waals surface area contributed by atoms with Crippen LogP contribution >= 0.6 is 24.0 Å². The number of ether oxygens (including phenoxy) is 1. The normalized spacial score (nSPS) is 21.9. The van der Waals surface area contributed by atoms with Crippen LogP contribution in [-0.4, -0.2) is 57.1 Å². The lowest BCUT2D eigenvalue weighted by Crippen LogP contribution is -2.43. The van der Waals surface area contributed by atoms with Gasteiger partial charge in [0.1, 0.15) is 5.75 Å². The molecule has 0 radical (unpaired) electrons. The van der Waals surface area contributed by atoms with Crippen molar-refractivity contribution >= 4 is 35.8 Å². The van der Waals surface area contributed by atoms with E-state index in [0.29, 0.717) is 24.4 Å². The van der Waals surface area contributed by atoms with Crippen molar-refractivity contribution in [2.45, 2.75) is 25.7 Å². The number of nitrogens with zero attached hydrogens (tertiary/aromatic N) is 2. The predicted octanol–water partition coefficient (Wildman–Crippen LogP) is 2.74. The lowest BCUT2D eigenvalue weighted by atomic mass is 9.82. The van der Waals surface area contributed by atoms with Crippen molar-refractivity contribution < 1.29 is 9.53 Å². The fourth-order valence-electron chi connectivity index (χ4n) is 4.13. The van der Waals surface area contributed by atoms with E-state index in [1.807, 2.05) is 19.2 Å². The standard InChI is InChI=1S/C20H30N4O2.HI/c1-21-20(24-13-16-6-3-4-7-17(16)14-24)23-11-10-22-19(25)15-8-5-9-18(12-15)26-2;/h5,8-9,12,16-17H,3-4,6-7,10-11,13-14H2,1-2H3,(H,21,23)(H,22,25);1H. The molecule has 1 aliphatic heterocycles. The summed E-state index contributed by atoms with van der Waals surface area (Å²) in [6.07, 6.45) is 5.46. The third-order valence-electron chi connectivity index (χ3n) is 5.51. The number of hydrogen-bond donors (Lipinski definition) is 2. The first-order valence-electron chi connectivity index (χ1n) is 9.59. The number of nitrogens with one attached hydrogen (secondary N) is 2. The molecule has 0 aromatic heterocycles. The lowest BCUT2D eigenvalue weighted by Gasteiger charge is -2.22. The van der Waals surface area contributed by atoms with E-state index in [0.717, 1.165) is 30.9 Å². The quantitative estimate of drug-likeness (QED) is 0.291. The van der Waals surface area contributed by atoms with Crippen molar-refractivity contribution in [3.05, 3.63) is 29.8 Å². The zero-order valence-corrected chi connectivity index (χ0v) is 18.6. The zero-order chi connectivity index (χ0) is 18.4. The van der Waals surface area contributed by atoms with Crippen LogP contribution in [0, 0.1) is 11.8 Å². The minimum atomic E-state index is -0.0899. The summed E-state index contributed by atoms with van der Waals surface area (Å²) in [4.78, 5) is 19.0. The molecule has 2 N–H and O–H groups in total. The van der Waals surface area contributed by atoms with Crippen molar-refractivity contribution in [3.63, 3.8) is 0 Å². The summed E-state index contributed by atoms with van der Waals surface area (Å²) in [7, 11) is 3.43. The zero-order valence-electron chi connectivity index (χ0n) is 16.2. The number of likely N-dealkylation sites (tertiary alicyclic amines) is 1. The average molecular weight is 486 g/mol. The van der Waals surface area contributed by atoms with Gasteiger partial charge in [0.2, 0.25) is 0 Å². The van der Waals surface area contributed by atoms with E-state index < -0.39 is 0 Å². The molecule has 1 heterocycles. The molecule has 1 saturated heterocycles. The van der Waals surface area contributed by atoms with E-state index >= 15 is 0 Å². The highest BCUT2D eigenvalue weighted by molar-refractivity contribution is 14.0. The van der Waals surface area contributed by atoms with Crippen LogP contribution in [0.15, 0.2) is 29.3 Å². The molecule has 7 heteroatoms. The van der Waals surface area contributed by atoms with E-state index in [1.54, 1.807) is 19.2 Å². The number of amides is 1. The first-order valence-corrected chi connectivity index (χ1v) is 9.59. The minimum absolute atomic E-state index is 0. The fourth-order valence-corrected chi connectivity index (χ4v) is 4.13. The third kappa shape index (κ3) is 5.73. The Bertz CT molecular complexity index is 639. The van der Waals surface area contributed by atoms with Crippen molar-refractivity contribution in [2.75, 3.05) is 40.3 Å². The smallest absolute Gasteiger partial charge is 0.251 e. The summed E-state index contributed by atoms with van der Waals surface area (Å²) in [6, 6.07) is 7.18. The Labute approximate surface area is 179 Å². The molecule has 2 aliphatic rings. The molecule has 150 valence electrons. The molecule has 2 fully saturated rings. The molecule has 3 rings (SSSR count). The van der Waals surface area contributed by atoms with Crippen LogP contribution in [0.4, 0.5) is 0 Å². The lowest BCUT2D eigenvalue weighted by molar-refractivity contribution is 0.0954. The van der Waals surface area contributed by atoms with Gasteiger partial charge in [-0.15, -0.1) is 24.0 Å². The van der Waals surface area contributed by atoms with Crippen molar-refractivity contribution in [3.8, 4) is 5.75 Å². The van der Waals surface area contributed by atoms with Crippen LogP contribution in [0.5, 0.6) is 5.75 Å². The molecular weight excluding hydrogens is 455 g/mol. The molecule has 0 spiro atoms. The highest BCUT2D eigenvalue weighted by Gasteiger charge is 2.35. The highest BCUT2D eigenvalue weighted by Crippen LogP contribution is 2.35. The largest absolute Gasteiger partial charge is 0.497 e. The molecule has 0 bridgehead atoms. The maximum atomic E-state index is 12.2. The minimum Gasteiger partial charge on any atom is -0.497 e. The summed E-state index contributed by atoms with van der Waals surface area (Å²) in [6.45, 7) is 3.44. The number of methoxy groups -OCH3 is 1. The number of guanidine groups is 1. The molecule has 2 atom stereocenters. The summed E-state index contributed by atoms with van der Waals surface area (Å²) in [5, 5.41) is 6.33. The first-order chi connectivity index (χ1) is 12.7. The summed E-state index contributed by atoms with van der Waals surface area (Å²) < 4.78 is 5.16. The van der Waals surface area contributed by atoms with Crippen LogP contribution in [0.2, 0.25) is 0 Å². The van der Waals surface area contributed by atoms with Gasteiger partial charge >= 0.3 is 0 Å². The molecule has 1 saturated carbocycles. The Morgan fingerprint density at radius 2 is 1.85 bits per heavy atom. The molecule has 1 aromatic carbocycles. The SMILES string of the molecule is CN=C(NCCNC(=O)c1cccc(OC)c1)N1CC2CCCCC2C1.I. The Morgan fingerprint density at radius 3 is 2.48 bits per heavy atom. The van der Waals surface area contributed by atoms with E-state index in [4.69, 9.17) is 4.74 Å². The van der Waals surface area contributed by atoms with Gasteiger partial charge in [0, 0.05) is 38.8 Å². The fraction of sp³-hybridized carbons (Fsp3) is 0.600. The van der Waals surface area contributed by atoms with Gasteiger partial charge in [-0.3, -0.25) is 9.79 Å². The van der Waals surface area contributed by atoms with Gasteiger partial charge in [0.25, 0.3) is 5.91 Å². The predicted molar refractivity (Wildman–Crippen MR) is 119 cm³/mol. The van der Waals surface area contributed by atoms with Gasteiger partial charge in [0.15, 0.2) is 5.96 Å². The van der Waals surface area contributed by atoms with Crippen LogP contribution in [-0.2, 0) is 0 Å². The van der Waals surface area contributed by atoms with Gasteiger partial charge in [-0.05, 0) is 42.9 Å². The van der Waals surface area contributed by atoms with E-state index in [2.05, 4.69) is 20.5 Å². The molecule has 27 heavy (non-hydrogen) atoms. The average Bonchev–Trinajstić information content (AvgIpc) is 3.11. The van der Waals surface area contributed by atoms with Gasteiger partial charge in [-0.25, -0.2) is 0 Å². The molecule has 1 amide bonds. The summed E-state index contributed by atoms with van der Waals surface area (Å²) in [5.41, 5.74) is 0.609. The maximum Gasteiger partial charge on any atom is 0.251 e. The van der Waals surface area contributed by atoms with Gasteiger partial charge in [-0.2, -0.15) is 0 Å². The van der Waals surface area contributed by atoms with Crippen LogP contribution in [0.3, 0.4) is 0 Å². The van der Waals surface area contributed by atoms with Gasteiger partial charge < -0.3 is 20.3 Å². The summed E-state index contributed by atoms with van der Waals surface area (Å²) in [5.74, 6) is 3.21. The molecule has 1 aliphatic carbocycles. The second kappa shape index (κ2) is 10.7. The van der Waals surface area contributed by atoms with Gasteiger partial charge in [0.05, 0.1) is 7.11 Å². The number of rotatable bonds is 5. The monoisotopic (exact) mass is 486 g/mol. The Balaban J connectivity index is 0.00000261. The number of benzene rings is 1. The van der Waals surface area contributed by atoms with Crippen LogP contribution < -0.4 is 15.4 Å². The molecule has 2 unspecified atom stereocenters. The van der Waals surface area contributed by atoms with Crippen molar-refractivity contribution in [1.82, 2.24) is 15.5 Å². The van der Waals surface area contributed by atoms with E-state index in [9.17, 15) is 4.79 Å². The number of carbonyl (C=O) groups excluding carboxylic acids is 1. The number of aliphatic imine (C=N–C) groups is 1. The number of fused-ring (bicyclic) bond motifs is 1. The molecule has 1 aromatic rings. The van der Waals surface area contributed by atoms with Crippen LogP contribution in [0.1, 0.15) is 36.0 Å². The summed E-state index contributed by atoms with van der Waals surface area (Å²) >= 11 is 0. The van der Waals surface area contributed by atoms with E-state index in [1.165, 1.54) is 25.7 Å². The number of halogens is 1. The topological polar surface area (TPSA) is 66.0 Å². The van der Waals surface area contributed by atoms with Crippen molar-refractivity contribution in [1.29, 1.82) is 0 Å². The van der Waals surface area contributed by atoms with Crippen LogP contribution in [0.25, 0.3) is 0 Å².